The van der Waals surface area contributed by atoms with E-state index in [1.807, 2.05) is 6.07 Å². The summed E-state index contributed by atoms with van der Waals surface area (Å²) in [4.78, 5) is 24.3. The van der Waals surface area contributed by atoms with Crippen LogP contribution < -0.4 is 5.32 Å². The van der Waals surface area contributed by atoms with E-state index in [4.69, 9.17) is 0 Å². The van der Waals surface area contributed by atoms with E-state index in [1.165, 1.54) is 0 Å². The first-order chi connectivity index (χ1) is 10.1. The molecule has 2 aromatic rings. The highest BCUT2D eigenvalue weighted by Gasteiger charge is 2.23. The third-order valence-electron chi connectivity index (χ3n) is 3.47. The topological polar surface area (TPSA) is 69.6 Å². The van der Waals surface area contributed by atoms with Gasteiger partial charge in [-0.15, -0.1) is 0 Å². The van der Waals surface area contributed by atoms with E-state index in [2.05, 4.69) is 5.32 Å². The Kier molecular flexibility index (Phi) is 3.51. The van der Waals surface area contributed by atoms with Crippen molar-refractivity contribution in [3.8, 4) is 0 Å². The molecule has 0 aromatic heterocycles. The summed E-state index contributed by atoms with van der Waals surface area (Å²) in [6.07, 6.45) is 0. The maximum atomic E-state index is 12.3. The number of imide groups is 1. The molecular formula is C16H14N2O3. The maximum absolute atomic E-state index is 12.3. The Labute approximate surface area is 121 Å². The Morgan fingerprint density at radius 2 is 1.71 bits per heavy atom. The van der Waals surface area contributed by atoms with Crippen LogP contribution in [0.1, 0.15) is 31.8 Å². The molecule has 1 heterocycles. The Morgan fingerprint density at radius 1 is 0.952 bits per heavy atom. The fourth-order valence-electron chi connectivity index (χ4n) is 2.45. The predicted octanol–water partition coefficient (Wildman–Crippen LogP) is 1.96. The van der Waals surface area contributed by atoms with Crippen molar-refractivity contribution in [3.63, 3.8) is 0 Å². The van der Waals surface area contributed by atoms with Crippen LogP contribution in [-0.4, -0.2) is 22.1 Å². The van der Waals surface area contributed by atoms with Gasteiger partial charge in [-0.05, 0) is 29.3 Å². The molecular weight excluding hydrogens is 268 g/mol. The molecule has 5 heteroatoms. The fraction of sp³-hybridized carbons (Fsp3) is 0.125. The SMILES string of the molecule is O=C(NC(=O)c1cccc2c1CN(O)C2)c1ccccc1. The molecule has 0 saturated carbocycles. The third kappa shape index (κ3) is 2.69. The van der Waals surface area contributed by atoms with Crippen LogP contribution in [0.25, 0.3) is 0 Å². The van der Waals surface area contributed by atoms with Gasteiger partial charge in [0.1, 0.15) is 0 Å². The summed E-state index contributed by atoms with van der Waals surface area (Å²) in [5.41, 5.74) is 2.52. The predicted molar refractivity (Wildman–Crippen MR) is 75.7 cm³/mol. The molecule has 2 amide bonds. The lowest BCUT2D eigenvalue weighted by molar-refractivity contribution is -0.0969. The lowest BCUT2D eigenvalue weighted by Crippen LogP contribution is -2.31. The largest absolute Gasteiger partial charge is 0.313 e. The van der Waals surface area contributed by atoms with Gasteiger partial charge in [0, 0.05) is 17.7 Å². The van der Waals surface area contributed by atoms with Gasteiger partial charge in [-0.25, -0.2) is 0 Å². The zero-order valence-corrected chi connectivity index (χ0v) is 11.2. The molecule has 0 atom stereocenters. The lowest BCUT2D eigenvalue weighted by Gasteiger charge is -2.08. The minimum absolute atomic E-state index is 0.290. The van der Waals surface area contributed by atoms with Gasteiger partial charge in [-0.3, -0.25) is 14.9 Å². The molecule has 106 valence electrons. The van der Waals surface area contributed by atoms with Gasteiger partial charge in [0.15, 0.2) is 0 Å². The van der Waals surface area contributed by atoms with Gasteiger partial charge in [-0.2, -0.15) is 5.06 Å². The quantitative estimate of drug-likeness (QED) is 0.826. The normalized spacial score (nSPS) is 13.8. The number of hydrogen-bond donors (Lipinski definition) is 2. The van der Waals surface area contributed by atoms with Gasteiger partial charge in [0.05, 0.1) is 6.54 Å². The number of nitrogens with zero attached hydrogens (tertiary/aromatic N) is 1. The molecule has 1 aliphatic rings. The molecule has 0 radical (unpaired) electrons. The molecule has 0 saturated heterocycles. The second-order valence-electron chi connectivity index (χ2n) is 4.92. The summed E-state index contributed by atoms with van der Waals surface area (Å²) in [5, 5.41) is 13.1. The summed E-state index contributed by atoms with van der Waals surface area (Å²) in [6.45, 7) is 0.682. The molecule has 2 N–H and O–H groups in total. The third-order valence-corrected chi connectivity index (χ3v) is 3.47. The van der Waals surface area contributed by atoms with Crippen LogP contribution in [0.5, 0.6) is 0 Å². The first-order valence-corrected chi connectivity index (χ1v) is 6.60. The van der Waals surface area contributed by atoms with Crippen molar-refractivity contribution in [1.29, 1.82) is 0 Å². The second kappa shape index (κ2) is 5.47. The highest BCUT2D eigenvalue weighted by atomic mass is 16.5. The highest BCUT2D eigenvalue weighted by molar-refractivity contribution is 6.11. The van der Waals surface area contributed by atoms with Crippen LogP contribution in [0.3, 0.4) is 0 Å². The van der Waals surface area contributed by atoms with E-state index in [9.17, 15) is 14.8 Å². The van der Waals surface area contributed by atoms with Gasteiger partial charge in [0.25, 0.3) is 11.8 Å². The van der Waals surface area contributed by atoms with E-state index in [-0.39, 0.29) is 0 Å². The zero-order valence-electron chi connectivity index (χ0n) is 11.2. The molecule has 21 heavy (non-hydrogen) atoms. The van der Waals surface area contributed by atoms with Crippen molar-refractivity contribution in [2.75, 3.05) is 0 Å². The second-order valence-corrected chi connectivity index (χ2v) is 4.92. The lowest BCUT2D eigenvalue weighted by atomic mass is 10.0. The Morgan fingerprint density at radius 3 is 2.48 bits per heavy atom. The molecule has 1 aliphatic heterocycles. The summed E-state index contributed by atoms with van der Waals surface area (Å²) >= 11 is 0. The number of nitrogens with one attached hydrogen (secondary N) is 1. The van der Waals surface area contributed by atoms with E-state index in [0.29, 0.717) is 24.2 Å². The molecule has 0 spiro atoms. The van der Waals surface area contributed by atoms with Crippen molar-refractivity contribution in [2.45, 2.75) is 13.1 Å². The Bertz CT molecular complexity index is 698. The minimum Gasteiger partial charge on any atom is -0.313 e. The number of amides is 2. The van der Waals surface area contributed by atoms with Crippen molar-refractivity contribution < 1.29 is 14.8 Å². The number of hydroxylamine groups is 2. The van der Waals surface area contributed by atoms with Crippen LogP contribution >= 0.6 is 0 Å². The van der Waals surface area contributed by atoms with Gasteiger partial charge >= 0.3 is 0 Å². The molecule has 0 bridgehead atoms. The minimum atomic E-state index is -0.448. The molecule has 0 aliphatic carbocycles. The average molecular weight is 282 g/mol. The monoisotopic (exact) mass is 282 g/mol. The van der Waals surface area contributed by atoms with Crippen molar-refractivity contribution >= 4 is 11.8 Å². The standard InChI is InChI=1S/C16H14N2O3/c19-15(11-5-2-1-3-6-11)17-16(20)13-8-4-7-12-9-18(21)10-14(12)13/h1-8,21H,9-10H2,(H,17,19,20). The van der Waals surface area contributed by atoms with Gasteiger partial charge in [0.2, 0.25) is 0 Å². The van der Waals surface area contributed by atoms with Crippen LogP contribution in [0, 0.1) is 0 Å². The number of fused-ring (bicyclic) bond motifs is 1. The fourth-order valence-corrected chi connectivity index (χ4v) is 2.45. The Hall–Kier alpha value is -2.50. The van der Waals surface area contributed by atoms with Gasteiger partial charge in [-0.1, -0.05) is 30.3 Å². The summed E-state index contributed by atoms with van der Waals surface area (Å²) in [5.74, 6) is -0.881. The molecule has 0 fully saturated rings. The molecule has 2 aromatic carbocycles. The number of hydrogen-bond acceptors (Lipinski definition) is 4. The highest BCUT2D eigenvalue weighted by Crippen LogP contribution is 2.24. The molecule has 3 rings (SSSR count). The van der Waals surface area contributed by atoms with Crippen LogP contribution in [0.15, 0.2) is 48.5 Å². The smallest absolute Gasteiger partial charge is 0.258 e. The van der Waals surface area contributed by atoms with Gasteiger partial charge < -0.3 is 5.21 Å². The maximum Gasteiger partial charge on any atom is 0.258 e. The number of carbonyl (C=O) groups excluding carboxylic acids is 2. The summed E-state index contributed by atoms with van der Waals surface area (Å²) in [7, 11) is 0. The Balaban J connectivity index is 1.81. The molecule has 0 unspecified atom stereocenters. The first-order valence-electron chi connectivity index (χ1n) is 6.60. The van der Waals surface area contributed by atoms with E-state index < -0.39 is 11.8 Å². The average Bonchev–Trinajstić information content (AvgIpc) is 2.87. The van der Waals surface area contributed by atoms with Crippen LogP contribution in [-0.2, 0) is 13.1 Å². The van der Waals surface area contributed by atoms with Crippen LogP contribution in [0.2, 0.25) is 0 Å². The van der Waals surface area contributed by atoms with E-state index in [1.54, 1.807) is 42.5 Å². The zero-order chi connectivity index (χ0) is 14.8. The summed E-state index contributed by atoms with van der Waals surface area (Å²) in [6, 6.07) is 13.8. The number of carbonyl (C=O) groups is 2. The number of benzene rings is 2. The van der Waals surface area contributed by atoms with E-state index in [0.717, 1.165) is 16.2 Å². The van der Waals surface area contributed by atoms with Crippen molar-refractivity contribution in [1.82, 2.24) is 10.4 Å². The van der Waals surface area contributed by atoms with E-state index >= 15 is 0 Å². The number of rotatable bonds is 2. The molecule has 5 nitrogen and oxygen atoms in total. The summed E-state index contributed by atoms with van der Waals surface area (Å²) < 4.78 is 0. The first kappa shape index (κ1) is 13.5. The van der Waals surface area contributed by atoms with Crippen molar-refractivity contribution in [2.24, 2.45) is 0 Å². The van der Waals surface area contributed by atoms with Crippen LogP contribution in [0.4, 0.5) is 0 Å². The van der Waals surface area contributed by atoms with Crippen molar-refractivity contribution in [3.05, 3.63) is 70.8 Å².